The van der Waals surface area contributed by atoms with E-state index in [4.69, 9.17) is 5.73 Å². The van der Waals surface area contributed by atoms with Gasteiger partial charge in [-0.05, 0) is 10.4 Å². The zero-order valence-corrected chi connectivity index (χ0v) is 6.90. The van der Waals surface area contributed by atoms with Gasteiger partial charge in [-0.15, -0.1) is 11.3 Å². The third-order valence-electron chi connectivity index (χ3n) is 1.33. The molecule has 0 radical (unpaired) electrons. The summed E-state index contributed by atoms with van der Waals surface area (Å²) in [5.41, 5.74) is 5.46. The highest BCUT2D eigenvalue weighted by Gasteiger charge is 2.02. The minimum absolute atomic E-state index is 0.310. The molecule has 0 saturated heterocycles. The van der Waals surface area contributed by atoms with Gasteiger partial charge in [0, 0.05) is 11.6 Å². The molecule has 7 heteroatoms. The van der Waals surface area contributed by atoms with Gasteiger partial charge in [-0.2, -0.15) is 0 Å². The van der Waals surface area contributed by atoms with Gasteiger partial charge in [-0.3, -0.25) is 0 Å². The number of hydrogen-bond acceptors (Lipinski definition) is 6. The summed E-state index contributed by atoms with van der Waals surface area (Å²) in [7, 11) is 0. The lowest BCUT2D eigenvalue weighted by atomic mass is 10.7. The van der Waals surface area contributed by atoms with Crippen molar-refractivity contribution in [3.8, 4) is 0 Å². The molecule has 2 rings (SSSR count). The zero-order valence-electron chi connectivity index (χ0n) is 6.08. The van der Waals surface area contributed by atoms with Gasteiger partial charge in [-0.1, -0.05) is 5.10 Å². The maximum absolute atomic E-state index is 5.46. The van der Waals surface area contributed by atoms with E-state index in [1.165, 1.54) is 4.68 Å². The lowest BCUT2D eigenvalue weighted by Crippen LogP contribution is -2.05. The second-order valence-electron chi connectivity index (χ2n) is 2.12. The molecule has 6 nitrogen and oxygen atoms in total. The lowest BCUT2D eigenvalue weighted by Gasteiger charge is -1.95. The Bertz CT molecular complexity index is 352. The predicted octanol–water partition coefficient (Wildman–Crippen LogP) is -0.240. The fourth-order valence-electron chi connectivity index (χ4n) is 0.783. The molecule has 0 unspecified atom stereocenters. The smallest absolute Gasteiger partial charge is 0.240 e. The number of aromatic nitrogens is 5. The number of thiazole rings is 1. The van der Waals surface area contributed by atoms with Crippen molar-refractivity contribution in [2.24, 2.45) is 0 Å². The van der Waals surface area contributed by atoms with Crippen molar-refractivity contribution in [3.05, 3.63) is 16.6 Å². The Morgan fingerprint density at radius 3 is 3.08 bits per heavy atom. The van der Waals surface area contributed by atoms with Crippen LogP contribution in [0.1, 0.15) is 5.01 Å². The molecular formula is C5H6N6S. The van der Waals surface area contributed by atoms with Crippen LogP contribution >= 0.6 is 11.3 Å². The van der Waals surface area contributed by atoms with Crippen LogP contribution in [0.5, 0.6) is 0 Å². The fourth-order valence-corrected chi connectivity index (χ4v) is 1.38. The molecule has 2 aromatic rings. The van der Waals surface area contributed by atoms with E-state index in [1.54, 1.807) is 17.5 Å². The van der Waals surface area contributed by atoms with E-state index in [2.05, 4.69) is 20.5 Å². The van der Waals surface area contributed by atoms with Crippen molar-refractivity contribution in [3.63, 3.8) is 0 Å². The van der Waals surface area contributed by atoms with Crippen molar-refractivity contribution in [1.29, 1.82) is 0 Å². The molecule has 0 bridgehead atoms. The van der Waals surface area contributed by atoms with E-state index < -0.39 is 0 Å². The number of nitrogen functional groups attached to an aromatic ring is 1. The number of rotatable bonds is 2. The molecule has 62 valence electrons. The van der Waals surface area contributed by atoms with Crippen LogP contribution in [0.4, 0.5) is 5.95 Å². The Morgan fingerprint density at radius 2 is 2.50 bits per heavy atom. The van der Waals surface area contributed by atoms with E-state index in [1.807, 2.05) is 5.38 Å². The molecule has 12 heavy (non-hydrogen) atoms. The monoisotopic (exact) mass is 182 g/mol. The number of nitrogens with two attached hydrogens (primary N) is 1. The van der Waals surface area contributed by atoms with Crippen molar-refractivity contribution in [2.45, 2.75) is 6.54 Å². The highest BCUT2D eigenvalue weighted by Crippen LogP contribution is 2.06. The topological polar surface area (TPSA) is 82.5 Å². The maximum Gasteiger partial charge on any atom is 0.240 e. The van der Waals surface area contributed by atoms with Crippen molar-refractivity contribution < 1.29 is 0 Å². The van der Waals surface area contributed by atoms with Crippen LogP contribution in [-0.2, 0) is 6.54 Å². The highest BCUT2D eigenvalue weighted by atomic mass is 32.1. The Morgan fingerprint density at radius 1 is 1.58 bits per heavy atom. The van der Waals surface area contributed by atoms with Crippen LogP contribution in [0.15, 0.2) is 11.6 Å². The molecule has 0 aromatic carbocycles. The zero-order chi connectivity index (χ0) is 8.39. The number of anilines is 1. The summed E-state index contributed by atoms with van der Waals surface area (Å²) in [5, 5.41) is 13.5. The molecule has 2 heterocycles. The molecule has 2 N–H and O–H groups in total. The van der Waals surface area contributed by atoms with Gasteiger partial charge in [0.15, 0.2) is 0 Å². The van der Waals surface area contributed by atoms with Crippen LogP contribution in [0.3, 0.4) is 0 Å². The quantitative estimate of drug-likeness (QED) is 0.693. The summed E-state index contributed by atoms with van der Waals surface area (Å²) in [6.45, 7) is 0.538. The summed E-state index contributed by atoms with van der Waals surface area (Å²) >= 11 is 1.55. The van der Waals surface area contributed by atoms with Crippen LogP contribution in [0, 0.1) is 0 Å². The second-order valence-corrected chi connectivity index (χ2v) is 3.10. The number of nitrogens with zero attached hydrogens (tertiary/aromatic N) is 5. The van der Waals surface area contributed by atoms with E-state index >= 15 is 0 Å². The molecule has 0 spiro atoms. The lowest BCUT2D eigenvalue weighted by molar-refractivity contribution is 0.652. The first-order valence-electron chi connectivity index (χ1n) is 3.26. The molecule has 0 amide bonds. The number of tetrazole rings is 1. The van der Waals surface area contributed by atoms with Crippen molar-refractivity contribution in [2.75, 3.05) is 5.73 Å². The largest absolute Gasteiger partial charge is 0.367 e. The van der Waals surface area contributed by atoms with Crippen LogP contribution in [-0.4, -0.2) is 25.2 Å². The molecule has 0 aliphatic heterocycles. The molecule has 0 aliphatic rings. The van der Waals surface area contributed by atoms with Crippen LogP contribution in [0.25, 0.3) is 0 Å². The van der Waals surface area contributed by atoms with Gasteiger partial charge >= 0.3 is 0 Å². The third kappa shape index (κ3) is 1.26. The summed E-state index contributed by atoms with van der Waals surface area (Å²) in [6.07, 6.45) is 1.74. The van der Waals surface area contributed by atoms with Crippen molar-refractivity contribution in [1.82, 2.24) is 25.2 Å². The average Bonchev–Trinajstić information content (AvgIpc) is 2.65. The SMILES string of the molecule is Nc1nnnn1Cc1nccs1. The van der Waals surface area contributed by atoms with Gasteiger partial charge in [-0.25, -0.2) is 9.67 Å². The summed E-state index contributed by atoms with van der Waals surface area (Å²) in [6, 6.07) is 0. The minimum Gasteiger partial charge on any atom is -0.367 e. The molecule has 0 aliphatic carbocycles. The van der Waals surface area contributed by atoms with E-state index in [9.17, 15) is 0 Å². The first kappa shape index (κ1) is 7.17. The van der Waals surface area contributed by atoms with Gasteiger partial charge in [0.2, 0.25) is 5.95 Å². The standard InChI is InChI=1S/C5H6N6S/c6-5-8-9-10-11(5)3-4-7-1-2-12-4/h1-2H,3H2,(H2,6,8,10). The van der Waals surface area contributed by atoms with Crippen LogP contribution in [0.2, 0.25) is 0 Å². The Balaban J connectivity index is 2.20. The maximum atomic E-state index is 5.46. The second kappa shape index (κ2) is 2.86. The van der Waals surface area contributed by atoms with Gasteiger partial charge < -0.3 is 5.73 Å². The summed E-state index contributed by atoms with van der Waals surface area (Å²) < 4.78 is 1.50. The Labute approximate surface area is 72.0 Å². The molecule has 2 aromatic heterocycles. The molecular weight excluding hydrogens is 176 g/mol. The number of hydrogen-bond donors (Lipinski definition) is 1. The average molecular weight is 182 g/mol. The Kier molecular flexibility index (Phi) is 1.71. The van der Waals surface area contributed by atoms with Crippen LogP contribution < -0.4 is 5.73 Å². The Hall–Kier alpha value is -1.50. The van der Waals surface area contributed by atoms with Gasteiger partial charge in [0.25, 0.3) is 0 Å². The molecule has 0 fully saturated rings. The van der Waals surface area contributed by atoms with E-state index in [0.29, 0.717) is 12.5 Å². The van der Waals surface area contributed by atoms with E-state index in [0.717, 1.165) is 5.01 Å². The van der Waals surface area contributed by atoms with Crippen molar-refractivity contribution >= 4 is 17.3 Å². The summed E-state index contributed by atoms with van der Waals surface area (Å²) in [4.78, 5) is 4.08. The minimum atomic E-state index is 0.310. The van der Waals surface area contributed by atoms with Gasteiger partial charge in [0.05, 0.1) is 6.54 Å². The first-order chi connectivity index (χ1) is 5.86. The predicted molar refractivity (Wildman–Crippen MR) is 43.4 cm³/mol. The molecule has 0 saturated carbocycles. The first-order valence-corrected chi connectivity index (χ1v) is 4.14. The van der Waals surface area contributed by atoms with Gasteiger partial charge in [0.1, 0.15) is 5.01 Å². The highest BCUT2D eigenvalue weighted by molar-refractivity contribution is 7.09. The molecule has 0 atom stereocenters. The third-order valence-corrected chi connectivity index (χ3v) is 2.09. The van der Waals surface area contributed by atoms with E-state index in [-0.39, 0.29) is 0 Å². The summed E-state index contributed by atoms with van der Waals surface area (Å²) in [5.74, 6) is 0.310. The fraction of sp³-hybridized carbons (Fsp3) is 0.200. The normalized spacial score (nSPS) is 10.3.